The van der Waals surface area contributed by atoms with Gasteiger partial charge in [0.1, 0.15) is 0 Å². The summed E-state index contributed by atoms with van der Waals surface area (Å²) in [6.45, 7) is 6.76. The first kappa shape index (κ1) is 12.0. The predicted molar refractivity (Wildman–Crippen MR) is 67.8 cm³/mol. The molecule has 0 N–H and O–H groups in total. The van der Waals surface area contributed by atoms with Gasteiger partial charge in [-0.1, -0.05) is 6.92 Å². The zero-order chi connectivity index (χ0) is 11.5. The Hall–Kier alpha value is -0.460. The minimum absolute atomic E-state index is 0.0615. The topological polar surface area (TPSA) is 36.4 Å². The standard InChI is InChI=1S/C10H14BrN3OS/c1-2-13-3-5-14(6-4-13)10(15)9-12-7-8(11)16-9/h7H,2-6H2,1H3. The first-order valence-corrected chi connectivity index (χ1v) is 6.94. The van der Waals surface area contributed by atoms with Crippen LogP contribution in [0.5, 0.6) is 0 Å². The Morgan fingerprint density at radius 3 is 2.69 bits per heavy atom. The second-order valence-corrected chi connectivity index (χ2v) is 6.11. The molecule has 2 rings (SSSR count). The van der Waals surface area contributed by atoms with Crippen LogP contribution >= 0.6 is 27.3 Å². The number of amides is 1. The first-order chi connectivity index (χ1) is 7.70. The third-order valence-electron chi connectivity index (χ3n) is 2.77. The van der Waals surface area contributed by atoms with Gasteiger partial charge in [0.25, 0.3) is 5.91 Å². The van der Waals surface area contributed by atoms with Crippen LogP contribution in [-0.2, 0) is 0 Å². The van der Waals surface area contributed by atoms with E-state index in [9.17, 15) is 4.79 Å². The Labute approximate surface area is 107 Å². The number of hydrogen-bond acceptors (Lipinski definition) is 4. The summed E-state index contributed by atoms with van der Waals surface area (Å²) >= 11 is 4.72. The van der Waals surface area contributed by atoms with E-state index in [1.54, 1.807) is 6.20 Å². The molecule has 0 bridgehead atoms. The van der Waals surface area contributed by atoms with Crippen LogP contribution in [0, 0.1) is 0 Å². The number of hydrogen-bond donors (Lipinski definition) is 0. The van der Waals surface area contributed by atoms with Crippen LogP contribution in [0.2, 0.25) is 0 Å². The van der Waals surface area contributed by atoms with Gasteiger partial charge in [0, 0.05) is 26.2 Å². The van der Waals surface area contributed by atoms with Crippen molar-refractivity contribution >= 4 is 33.2 Å². The average molecular weight is 304 g/mol. The Balaban J connectivity index is 1.96. The lowest BCUT2D eigenvalue weighted by Crippen LogP contribution is -2.48. The average Bonchev–Trinajstić information content (AvgIpc) is 2.75. The van der Waals surface area contributed by atoms with Gasteiger partial charge in [0.05, 0.1) is 9.98 Å². The summed E-state index contributed by atoms with van der Waals surface area (Å²) in [6.07, 6.45) is 1.68. The molecule has 0 spiro atoms. The molecule has 88 valence electrons. The smallest absolute Gasteiger partial charge is 0.282 e. The molecule has 4 nitrogen and oxygen atoms in total. The second-order valence-electron chi connectivity index (χ2n) is 3.70. The molecular formula is C10H14BrN3OS. The highest BCUT2D eigenvalue weighted by Crippen LogP contribution is 2.20. The number of nitrogens with zero attached hydrogens (tertiary/aromatic N) is 3. The van der Waals surface area contributed by atoms with Crippen LogP contribution in [0.15, 0.2) is 9.98 Å². The number of halogens is 1. The minimum Gasteiger partial charge on any atom is -0.334 e. The first-order valence-electron chi connectivity index (χ1n) is 5.33. The summed E-state index contributed by atoms with van der Waals surface area (Å²) in [7, 11) is 0. The van der Waals surface area contributed by atoms with E-state index in [0.29, 0.717) is 5.01 Å². The number of likely N-dealkylation sites (N-methyl/N-ethyl adjacent to an activating group) is 1. The van der Waals surface area contributed by atoms with Gasteiger partial charge in [-0.25, -0.2) is 4.98 Å². The maximum atomic E-state index is 12.0. The van der Waals surface area contributed by atoms with Crippen molar-refractivity contribution in [2.24, 2.45) is 0 Å². The molecule has 0 atom stereocenters. The highest BCUT2D eigenvalue weighted by atomic mass is 79.9. The molecule has 0 saturated carbocycles. The quantitative estimate of drug-likeness (QED) is 0.834. The molecule has 2 heterocycles. The number of piperazine rings is 1. The van der Waals surface area contributed by atoms with Crippen molar-refractivity contribution in [1.82, 2.24) is 14.8 Å². The van der Waals surface area contributed by atoms with Gasteiger partial charge in [-0.05, 0) is 22.5 Å². The van der Waals surface area contributed by atoms with Crippen molar-refractivity contribution in [2.75, 3.05) is 32.7 Å². The maximum Gasteiger partial charge on any atom is 0.282 e. The van der Waals surface area contributed by atoms with Gasteiger partial charge in [0.15, 0.2) is 5.01 Å². The largest absolute Gasteiger partial charge is 0.334 e. The fraction of sp³-hybridized carbons (Fsp3) is 0.600. The van der Waals surface area contributed by atoms with E-state index in [1.165, 1.54) is 11.3 Å². The minimum atomic E-state index is 0.0615. The summed E-state index contributed by atoms with van der Waals surface area (Å²) in [5.74, 6) is 0.0615. The van der Waals surface area contributed by atoms with Crippen LogP contribution < -0.4 is 0 Å². The maximum absolute atomic E-state index is 12.0. The Morgan fingerprint density at radius 1 is 1.50 bits per heavy atom. The van der Waals surface area contributed by atoms with E-state index < -0.39 is 0 Å². The van der Waals surface area contributed by atoms with Gasteiger partial charge in [0.2, 0.25) is 0 Å². The molecule has 1 aromatic rings. The summed E-state index contributed by atoms with van der Waals surface area (Å²) in [6, 6.07) is 0. The van der Waals surface area contributed by atoms with E-state index >= 15 is 0 Å². The Bertz CT molecular complexity index is 374. The molecule has 6 heteroatoms. The molecular weight excluding hydrogens is 290 g/mol. The number of carbonyl (C=O) groups excluding carboxylic acids is 1. The molecule has 1 fully saturated rings. The van der Waals surface area contributed by atoms with Crippen molar-refractivity contribution in [3.8, 4) is 0 Å². The van der Waals surface area contributed by atoms with E-state index in [1.807, 2.05) is 4.90 Å². The van der Waals surface area contributed by atoms with Crippen LogP contribution in [-0.4, -0.2) is 53.4 Å². The number of rotatable bonds is 2. The van der Waals surface area contributed by atoms with Gasteiger partial charge in [-0.3, -0.25) is 4.79 Å². The normalized spacial score (nSPS) is 17.8. The molecule has 1 aromatic heterocycles. The van der Waals surface area contributed by atoms with Gasteiger partial charge < -0.3 is 9.80 Å². The lowest BCUT2D eigenvalue weighted by molar-refractivity contribution is 0.0643. The summed E-state index contributed by atoms with van der Waals surface area (Å²) in [4.78, 5) is 20.4. The summed E-state index contributed by atoms with van der Waals surface area (Å²) in [5, 5.41) is 0.580. The van der Waals surface area contributed by atoms with Crippen LogP contribution in [0.3, 0.4) is 0 Å². The molecule has 1 saturated heterocycles. The molecule has 0 unspecified atom stereocenters. The molecule has 0 aromatic carbocycles. The van der Waals surface area contributed by atoms with Gasteiger partial charge in [-0.15, -0.1) is 11.3 Å². The summed E-state index contributed by atoms with van der Waals surface area (Å²) < 4.78 is 0.906. The van der Waals surface area contributed by atoms with E-state index in [-0.39, 0.29) is 5.91 Å². The highest BCUT2D eigenvalue weighted by molar-refractivity contribution is 9.11. The van der Waals surface area contributed by atoms with Crippen molar-refractivity contribution in [1.29, 1.82) is 0 Å². The zero-order valence-corrected chi connectivity index (χ0v) is 11.6. The summed E-state index contributed by atoms with van der Waals surface area (Å²) in [5.41, 5.74) is 0. The fourth-order valence-corrected chi connectivity index (χ4v) is 2.93. The van der Waals surface area contributed by atoms with E-state index in [0.717, 1.165) is 36.5 Å². The Kier molecular flexibility index (Phi) is 3.94. The fourth-order valence-electron chi connectivity index (χ4n) is 1.76. The van der Waals surface area contributed by atoms with E-state index in [2.05, 4.69) is 32.7 Å². The van der Waals surface area contributed by atoms with Crippen LogP contribution in [0.25, 0.3) is 0 Å². The molecule has 0 aliphatic carbocycles. The zero-order valence-electron chi connectivity index (χ0n) is 9.15. The molecule has 1 aliphatic heterocycles. The monoisotopic (exact) mass is 303 g/mol. The molecule has 16 heavy (non-hydrogen) atoms. The van der Waals surface area contributed by atoms with Crippen molar-refractivity contribution in [3.05, 3.63) is 15.0 Å². The van der Waals surface area contributed by atoms with Gasteiger partial charge >= 0.3 is 0 Å². The number of carbonyl (C=O) groups is 1. The second kappa shape index (κ2) is 5.25. The van der Waals surface area contributed by atoms with Gasteiger partial charge in [-0.2, -0.15) is 0 Å². The van der Waals surface area contributed by atoms with Crippen LogP contribution in [0.1, 0.15) is 16.7 Å². The SMILES string of the molecule is CCN1CCN(C(=O)c2ncc(Br)s2)CC1. The number of aromatic nitrogens is 1. The predicted octanol–water partition coefficient (Wildman–Crippen LogP) is 1.68. The third-order valence-corrected chi connectivity index (χ3v) is 4.23. The lowest BCUT2D eigenvalue weighted by Gasteiger charge is -2.33. The molecule has 1 amide bonds. The van der Waals surface area contributed by atoms with Crippen LogP contribution in [0.4, 0.5) is 0 Å². The van der Waals surface area contributed by atoms with E-state index in [4.69, 9.17) is 0 Å². The molecule has 0 radical (unpaired) electrons. The highest BCUT2D eigenvalue weighted by Gasteiger charge is 2.23. The Morgan fingerprint density at radius 2 is 2.19 bits per heavy atom. The van der Waals surface area contributed by atoms with Crippen molar-refractivity contribution in [3.63, 3.8) is 0 Å². The van der Waals surface area contributed by atoms with Crippen molar-refractivity contribution in [2.45, 2.75) is 6.92 Å². The third kappa shape index (κ3) is 2.61. The molecule has 1 aliphatic rings. The van der Waals surface area contributed by atoms with Crippen molar-refractivity contribution < 1.29 is 4.79 Å². The number of thiazole rings is 1. The lowest BCUT2D eigenvalue weighted by atomic mass is 10.3.